The van der Waals surface area contributed by atoms with Gasteiger partial charge in [-0.1, -0.05) is 48.3 Å². The van der Waals surface area contributed by atoms with E-state index in [1.165, 1.54) is 0 Å². The van der Waals surface area contributed by atoms with Gasteiger partial charge in [0.25, 0.3) is 0 Å². The van der Waals surface area contributed by atoms with Gasteiger partial charge in [0.1, 0.15) is 5.75 Å². The predicted octanol–water partition coefficient (Wildman–Crippen LogP) is 5.33. The summed E-state index contributed by atoms with van der Waals surface area (Å²) in [5, 5.41) is 0.795. The van der Waals surface area contributed by atoms with Crippen molar-refractivity contribution >= 4 is 35.1 Å². The van der Waals surface area contributed by atoms with Crippen molar-refractivity contribution in [3.8, 4) is 5.75 Å². The summed E-state index contributed by atoms with van der Waals surface area (Å²) in [6, 6.07) is 13.9. The number of hydrogen-bond acceptors (Lipinski definition) is 3. The zero-order valence-electron chi connectivity index (χ0n) is 14.3. The number of Topliss-reactive ketones (excluding diaryl/α,β-unsaturated/α-hetero) is 1. The molecule has 1 fully saturated rings. The van der Waals surface area contributed by atoms with Crippen molar-refractivity contribution in [3.05, 3.63) is 64.1 Å². The third kappa shape index (κ3) is 4.19. The van der Waals surface area contributed by atoms with Crippen molar-refractivity contribution < 1.29 is 14.3 Å². The number of amides is 1. The van der Waals surface area contributed by atoms with Gasteiger partial charge in [0.15, 0.2) is 5.78 Å². The van der Waals surface area contributed by atoms with Crippen LogP contribution < -0.4 is 4.74 Å². The van der Waals surface area contributed by atoms with E-state index >= 15 is 0 Å². The average molecular weight is 392 g/mol. The number of nitrogens with zero attached hydrogens (tertiary/aromatic N) is 1. The lowest BCUT2D eigenvalue weighted by atomic mass is 9.81. The second kappa shape index (κ2) is 8.11. The highest BCUT2D eigenvalue weighted by Gasteiger charge is 2.34. The first kappa shape index (κ1) is 18.7. The molecular formula is C20H19Cl2NO3. The molecule has 1 heterocycles. The van der Waals surface area contributed by atoms with Crippen molar-refractivity contribution in [2.24, 2.45) is 11.8 Å². The fourth-order valence-corrected chi connectivity index (χ4v) is 3.52. The monoisotopic (exact) mass is 391 g/mol. The number of benzene rings is 2. The molecule has 6 heteroatoms. The molecule has 0 saturated carbocycles. The minimum atomic E-state index is -0.386. The minimum absolute atomic E-state index is 0.0222. The van der Waals surface area contributed by atoms with Crippen LogP contribution in [0, 0.1) is 11.8 Å². The summed E-state index contributed by atoms with van der Waals surface area (Å²) < 4.78 is 5.38. The third-order valence-electron chi connectivity index (χ3n) is 4.65. The van der Waals surface area contributed by atoms with Gasteiger partial charge in [-0.3, -0.25) is 4.79 Å². The first-order valence-corrected chi connectivity index (χ1v) is 9.22. The normalized spacial score (nSPS) is 19.9. The highest BCUT2D eigenvalue weighted by atomic mass is 35.5. The molecule has 2 aromatic rings. The number of carbonyl (C=O) groups excluding carboxylic acids is 2. The number of para-hydroxylation sites is 1. The Labute approximate surface area is 162 Å². The van der Waals surface area contributed by atoms with E-state index in [1.807, 2.05) is 25.1 Å². The Balaban J connectivity index is 1.63. The van der Waals surface area contributed by atoms with Gasteiger partial charge in [-0.15, -0.1) is 0 Å². The van der Waals surface area contributed by atoms with Crippen LogP contribution in [0.15, 0.2) is 48.5 Å². The molecule has 0 aliphatic carbocycles. The fraction of sp³-hybridized carbons (Fsp3) is 0.300. The summed E-state index contributed by atoms with van der Waals surface area (Å²) in [4.78, 5) is 26.8. The van der Waals surface area contributed by atoms with Crippen LogP contribution >= 0.6 is 23.2 Å². The third-order valence-corrected chi connectivity index (χ3v) is 5.39. The van der Waals surface area contributed by atoms with E-state index in [0.29, 0.717) is 40.9 Å². The quantitative estimate of drug-likeness (QED) is 0.663. The smallest absolute Gasteiger partial charge is 0.410 e. The molecular weight excluding hydrogens is 373 g/mol. The summed E-state index contributed by atoms with van der Waals surface area (Å²) in [6.07, 6.45) is 0.202. The molecule has 1 aliphatic heterocycles. The largest absolute Gasteiger partial charge is 0.415 e. The maximum Gasteiger partial charge on any atom is 0.415 e. The van der Waals surface area contributed by atoms with E-state index in [1.54, 1.807) is 35.2 Å². The van der Waals surface area contributed by atoms with Crippen LogP contribution in [0.2, 0.25) is 10.0 Å². The number of ketones is 1. The molecule has 0 bridgehead atoms. The summed E-state index contributed by atoms with van der Waals surface area (Å²) in [6.45, 7) is 2.93. The van der Waals surface area contributed by atoms with E-state index in [2.05, 4.69) is 0 Å². The van der Waals surface area contributed by atoms with E-state index in [-0.39, 0.29) is 23.7 Å². The molecule has 2 atom stereocenters. The fourth-order valence-electron chi connectivity index (χ4n) is 3.22. The van der Waals surface area contributed by atoms with E-state index < -0.39 is 0 Å². The number of hydrogen-bond donors (Lipinski definition) is 0. The molecule has 4 nitrogen and oxygen atoms in total. The number of ether oxygens (including phenoxy) is 1. The highest BCUT2D eigenvalue weighted by molar-refractivity contribution is 6.42. The second-order valence-corrected chi connectivity index (χ2v) is 7.31. The number of halogens is 2. The molecule has 0 spiro atoms. The Morgan fingerprint density at radius 1 is 1.08 bits per heavy atom. The van der Waals surface area contributed by atoms with Crippen LogP contribution in [0.3, 0.4) is 0 Å². The van der Waals surface area contributed by atoms with Crippen LogP contribution in [-0.2, 0) is 0 Å². The van der Waals surface area contributed by atoms with Gasteiger partial charge in [0.05, 0.1) is 10.0 Å². The van der Waals surface area contributed by atoms with Gasteiger partial charge in [0, 0.05) is 24.6 Å². The predicted molar refractivity (Wildman–Crippen MR) is 102 cm³/mol. The van der Waals surface area contributed by atoms with Gasteiger partial charge in [0.2, 0.25) is 0 Å². The molecule has 26 heavy (non-hydrogen) atoms. The molecule has 1 saturated heterocycles. The van der Waals surface area contributed by atoms with Crippen LogP contribution in [0.5, 0.6) is 5.75 Å². The lowest BCUT2D eigenvalue weighted by Crippen LogP contribution is -2.46. The van der Waals surface area contributed by atoms with Crippen molar-refractivity contribution in [1.29, 1.82) is 0 Å². The number of rotatable bonds is 3. The molecule has 1 amide bonds. The number of likely N-dealkylation sites (tertiary alicyclic amines) is 1. The van der Waals surface area contributed by atoms with Gasteiger partial charge in [-0.25, -0.2) is 4.79 Å². The molecule has 2 aromatic carbocycles. The van der Waals surface area contributed by atoms with Gasteiger partial charge in [-0.05, 0) is 42.7 Å². The maximum absolute atomic E-state index is 12.8. The van der Waals surface area contributed by atoms with E-state index in [4.69, 9.17) is 27.9 Å². The maximum atomic E-state index is 12.8. The van der Waals surface area contributed by atoms with Crippen LogP contribution in [-0.4, -0.2) is 29.9 Å². The standard InChI is InChI=1S/C20H19Cl2NO3/c1-13-12-23(20(25)26-15-5-3-2-4-6-15)10-9-16(13)19(24)14-7-8-17(21)18(22)11-14/h2-8,11,13,16H,9-10,12H2,1H3/t13-,16+/m0/s1. The Kier molecular flexibility index (Phi) is 5.84. The Hall–Kier alpha value is -2.04. The zero-order chi connectivity index (χ0) is 18.7. The average Bonchev–Trinajstić information content (AvgIpc) is 2.64. The van der Waals surface area contributed by atoms with Crippen molar-refractivity contribution in [3.63, 3.8) is 0 Å². The highest BCUT2D eigenvalue weighted by Crippen LogP contribution is 2.30. The first-order valence-electron chi connectivity index (χ1n) is 8.47. The minimum Gasteiger partial charge on any atom is -0.410 e. The van der Waals surface area contributed by atoms with Gasteiger partial charge >= 0.3 is 6.09 Å². The lowest BCUT2D eigenvalue weighted by Gasteiger charge is -2.35. The van der Waals surface area contributed by atoms with E-state index in [0.717, 1.165) is 0 Å². The molecule has 0 unspecified atom stereocenters. The summed E-state index contributed by atoms with van der Waals surface area (Å²) >= 11 is 11.9. The van der Waals surface area contributed by atoms with E-state index in [9.17, 15) is 9.59 Å². The van der Waals surface area contributed by atoms with Crippen molar-refractivity contribution in [1.82, 2.24) is 4.90 Å². The summed E-state index contributed by atoms with van der Waals surface area (Å²) in [5.41, 5.74) is 0.552. The van der Waals surface area contributed by atoms with Gasteiger partial charge in [-0.2, -0.15) is 0 Å². The summed E-state index contributed by atoms with van der Waals surface area (Å²) in [5.74, 6) is 0.411. The molecule has 1 aliphatic rings. The number of piperidine rings is 1. The topological polar surface area (TPSA) is 46.6 Å². The van der Waals surface area contributed by atoms with Gasteiger partial charge < -0.3 is 9.64 Å². The van der Waals surface area contributed by atoms with Crippen molar-refractivity contribution in [2.75, 3.05) is 13.1 Å². The SMILES string of the molecule is C[C@H]1CN(C(=O)Oc2ccccc2)CC[C@H]1C(=O)c1ccc(Cl)c(Cl)c1. The number of carbonyl (C=O) groups is 2. The molecule has 0 N–H and O–H groups in total. The van der Waals surface area contributed by atoms with Crippen LogP contribution in [0.25, 0.3) is 0 Å². The molecule has 3 rings (SSSR count). The molecule has 0 radical (unpaired) electrons. The lowest BCUT2D eigenvalue weighted by molar-refractivity contribution is 0.0723. The van der Waals surface area contributed by atoms with Crippen molar-refractivity contribution in [2.45, 2.75) is 13.3 Å². The van der Waals surface area contributed by atoms with Crippen LogP contribution in [0.1, 0.15) is 23.7 Å². The Bertz CT molecular complexity index is 810. The second-order valence-electron chi connectivity index (χ2n) is 6.49. The molecule has 136 valence electrons. The Morgan fingerprint density at radius 3 is 2.46 bits per heavy atom. The first-order chi connectivity index (χ1) is 12.5. The Morgan fingerprint density at radius 2 is 1.81 bits per heavy atom. The zero-order valence-corrected chi connectivity index (χ0v) is 15.8. The van der Waals surface area contributed by atoms with Crippen LogP contribution in [0.4, 0.5) is 4.79 Å². The summed E-state index contributed by atoms with van der Waals surface area (Å²) in [7, 11) is 0. The molecule has 0 aromatic heterocycles.